The van der Waals surface area contributed by atoms with Gasteiger partial charge in [0.05, 0.1) is 0 Å². The number of fused-ring (bicyclic) bond motifs is 1. The molecule has 0 radical (unpaired) electrons. The first-order valence-electron chi connectivity index (χ1n) is 5.02. The summed E-state index contributed by atoms with van der Waals surface area (Å²) in [4.78, 5) is 0. The second-order valence-electron chi connectivity index (χ2n) is 3.83. The molecule has 2 nitrogen and oxygen atoms in total. The van der Waals surface area contributed by atoms with E-state index in [0.717, 1.165) is 31.6 Å². The van der Waals surface area contributed by atoms with E-state index in [4.69, 9.17) is 5.73 Å². The van der Waals surface area contributed by atoms with E-state index < -0.39 is 0 Å². The number of anilines is 1. The average Bonchev–Trinajstić information content (AvgIpc) is 2.19. The highest BCUT2D eigenvalue weighted by atomic mass is 19.1. The van der Waals surface area contributed by atoms with Crippen molar-refractivity contribution in [2.24, 2.45) is 11.7 Å². The van der Waals surface area contributed by atoms with Crippen molar-refractivity contribution in [2.45, 2.75) is 12.8 Å². The third kappa shape index (κ3) is 1.87. The Hall–Kier alpha value is -1.09. The number of hydrogen-bond acceptors (Lipinski definition) is 2. The average molecular weight is 194 g/mol. The molecule has 1 aromatic rings. The second-order valence-corrected chi connectivity index (χ2v) is 3.83. The van der Waals surface area contributed by atoms with E-state index in [9.17, 15) is 4.39 Å². The Bertz CT molecular complexity index is 325. The molecule has 1 atom stereocenters. The SMILES string of the molecule is NCCC1CNc2cc(F)ccc2C1. The highest BCUT2D eigenvalue weighted by Gasteiger charge is 2.17. The molecule has 1 aromatic carbocycles. The van der Waals surface area contributed by atoms with Crippen LogP contribution in [0.5, 0.6) is 0 Å². The van der Waals surface area contributed by atoms with Crippen molar-refractivity contribution in [3.63, 3.8) is 0 Å². The molecule has 3 heteroatoms. The molecule has 76 valence electrons. The summed E-state index contributed by atoms with van der Waals surface area (Å²) in [5.41, 5.74) is 7.66. The van der Waals surface area contributed by atoms with Crippen molar-refractivity contribution in [1.29, 1.82) is 0 Å². The Morgan fingerprint density at radius 3 is 3.14 bits per heavy atom. The molecule has 0 fully saturated rings. The van der Waals surface area contributed by atoms with Crippen LogP contribution in [0.4, 0.5) is 10.1 Å². The van der Waals surface area contributed by atoms with Gasteiger partial charge in [0.2, 0.25) is 0 Å². The van der Waals surface area contributed by atoms with E-state index in [1.54, 1.807) is 6.07 Å². The smallest absolute Gasteiger partial charge is 0.125 e. The number of rotatable bonds is 2. The lowest BCUT2D eigenvalue weighted by atomic mass is 9.91. The Morgan fingerprint density at radius 1 is 1.50 bits per heavy atom. The predicted octanol–water partition coefficient (Wildman–Crippen LogP) is 1.76. The normalized spacial score (nSPS) is 20.0. The van der Waals surface area contributed by atoms with Crippen molar-refractivity contribution in [2.75, 3.05) is 18.4 Å². The molecule has 1 aliphatic rings. The summed E-state index contributed by atoms with van der Waals surface area (Å²) >= 11 is 0. The van der Waals surface area contributed by atoms with Crippen molar-refractivity contribution < 1.29 is 4.39 Å². The maximum atomic E-state index is 12.9. The van der Waals surface area contributed by atoms with Crippen molar-refractivity contribution in [1.82, 2.24) is 0 Å². The van der Waals surface area contributed by atoms with E-state index in [2.05, 4.69) is 5.32 Å². The number of halogens is 1. The van der Waals surface area contributed by atoms with Gasteiger partial charge in [0.25, 0.3) is 0 Å². The van der Waals surface area contributed by atoms with Crippen molar-refractivity contribution in [3.05, 3.63) is 29.6 Å². The summed E-state index contributed by atoms with van der Waals surface area (Å²) in [6.45, 7) is 1.64. The molecule has 0 amide bonds. The summed E-state index contributed by atoms with van der Waals surface area (Å²) < 4.78 is 12.9. The molecule has 2 rings (SSSR count). The van der Waals surface area contributed by atoms with Crippen LogP contribution in [0, 0.1) is 11.7 Å². The minimum atomic E-state index is -0.173. The van der Waals surface area contributed by atoms with Crippen LogP contribution >= 0.6 is 0 Å². The fourth-order valence-electron chi connectivity index (χ4n) is 1.97. The van der Waals surface area contributed by atoms with Gasteiger partial charge in [-0.25, -0.2) is 4.39 Å². The van der Waals surface area contributed by atoms with E-state index in [1.165, 1.54) is 11.6 Å². The van der Waals surface area contributed by atoms with Crippen LogP contribution in [0.3, 0.4) is 0 Å². The molecule has 0 aliphatic carbocycles. The zero-order chi connectivity index (χ0) is 9.97. The minimum absolute atomic E-state index is 0.173. The third-order valence-electron chi connectivity index (χ3n) is 2.74. The first-order chi connectivity index (χ1) is 6.79. The number of hydrogen-bond donors (Lipinski definition) is 2. The molecule has 0 aromatic heterocycles. The van der Waals surface area contributed by atoms with E-state index in [0.29, 0.717) is 5.92 Å². The first kappa shape index (κ1) is 9.46. The van der Waals surface area contributed by atoms with Gasteiger partial charge in [-0.3, -0.25) is 0 Å². The third-order valence-corrected chi connectivity index (χ3v) is 2.74. The van der Waals surface area contributed by atoms with Crippen molar-refractivity contribution in [3.8, 4) is 0 Å². The molecular formula is C11H15FN2. The molecule has 0 saturated heterocycles. The summed E-state index contributed by atoms with van der Waals surface area (Å²) in [7, 11) is 0. The molecule has 1 heterocycles. The molecular weight excluding hydrogens is 179 g/mol. The molecule has 3 N–H and O–H groups in total. The van der Waals surface area contributed by atoms with Crippen LogP contribution in [0.25, 0.3) is 0 Å². The van der Waals surface area contributed by atoms with Gasteiger partial charge in [-0.15, -0.1) is 0 Å². The summed E-state index contributed by atoms with van der Waals surface area (Å²) in [6, 6.07) is 4.94. The number of nitrogens with two attached hydrogens (primary N) is 1. The topological polar surface area (TPSA) is 38.0 Å². The van der Waals surface area contributed by atoms with Gasteiger partial charge in [-0.2, -0.15) is 0 Å². The Balaban J connectivity index is 2.15. The van der Waals surface area contributed by atoms with Crippen LogP contribution < -0.4 is 11.1 Å². The number of nitrogens with one attached hydrogen (secondary N) is 1. The van der Waals surface area contributed by atoms with E-state index in [1.807, 2.05) is 6.07 Å². The maximum absolute atomic E-state index is 12.9. The first-order valence-corrected chi connectivity index (χ1v) is 5.02. The summed E-state index contributed by atoms with van der Waals surface area (Å²) in [6.07, 6.45) is 2.05. The van der Waals surface area contributed by atoms with Gasteiger partial charge in [0, 0.05) is 12.2 Å². The van der Waals surface area contributed by atoms with Gasteiger partial charge in [0.15, 0.2) is 0 Å². The van der Waals surface area contributed by atoms with Gasteiger partial charge in [-0.1, -0.05) is 6.07 Å². The Kier molecular flexibility index (Phi) is 2.68. The van der Waals surface area contributed by atoms with Gasteiger partial charge >= 0.3 is 0 Å². The lowest BCUT2D eigenvalue weighted by Crippen LogP contribution is -2.25. The molecule has 1 aliphatic heterocycles. The van der Waals surface area contributed by atoms with Gasteiger partial charge in [-0.05, 0) is 43.0 Å². The highest BCUT2D eigenvalue weighted by Crippen LogP contribution is 2.26. The lowest BCUT2D eigenvalue weighted by molar-refractivity contribution is 0.501. The highest BCUT2D eigenvalue weighted by molar-refractivity contribution is 5.53. The second kappa shape index (κ2) is 3.96. The van der Waals surface area contributed by atoms with Crippen molar-refractivity contribution >= 4 is 5.69 Å². The zero-order valence-corrected chi connectivity index (χ0v) is 8.09. The standard InChI is InChI=1S/C11H15FN2/c12-10-2-1-9-5-8(3-4-13)7-14-11(9)6-10/h1-2,6,8,14H,3-5,7,13H2. The van der Waals surface area contributed by atoms with Crippen LogP contribution in [0.1, 0.15) is 12.0 Å². The van der Waals surface area contributed by atoms with Crippen LogP contribution in [0.15, 0.2) is 18.2 Å². The number of benzene rings is 1. The molecule has 1 unspecified atom stereocenters. The Labute approximate surface area is 83.3 Å². The fraction of sp³-hybridized carbons (Fsp3) is 0.455. The van der Waals surface area contributed by atoms with E-state index >= 15 is 0 Å². The minimum Gasteiger partial charge on any atom is -0.384 e. The molecule has 14 heavy (non-hydrogen) atoms. The van der Waals surface area contributed by atoms with Gasteiger partial charge in [0.1, 0.15) is 5.82 Å². The zero-order valence-electron chi connectivity index (χ0n) is 8.09. The molecule has 0 saturated carbocycles. The monoisotopic (exact) mass is 194 g/mol. The lowest BCUT2D eigenvalue weighted by Gasteiger charge is -2.25. The van der Waals surface area contributed by atoms with E-state index in [-0.39, 0.29) is 5.82 Å². The summed E-state index contributed by atoms with van der Waals surface area (Å²) in [5, 5.41) is 3.24. The maximum Gasteiger partial charge on any atom is 0.125 e. The largest absolute Gasteiger partial charge is 0.384 e. The van der Waals surface area contributed by atoms with Crippen LogP contribution in [0.2, 0.25) is 0 Å². The quantitative estimate of drug-likeness (QED) is 0.752. The summed E-state index contributed by atoms with van der Waals surface area (Å²) in [5.74, 6) is 0.423. The predicted molar refractivity (Wildman–Crippen MR) is 55.8 cm³/mol. The van der Waals surface area contributed by atoms with Crippen LogP contribution in [-0.2, 0) is 6.42 Å². The molecule has 0 spiro atoms. The Morgan fingerprint density at radius 2 is 2.36 bits per heavy atom. The van der Waals surface area contributed by atoms with Gasteiger partial charge < -0.3 is 11.1 Å². The fourth-order valence-corrected chi connectivity index (χ4v) is 1.97. The molecule has 0 bridgehead atoms. The van der Waals surface area contributed by atoms with Crippen LogP contribution in [-0.4, -0.2) is 13.1 Å².